The maximum absolute atomic E-state index is 11.0. The summed E-state index contributed by atoms with van der Waals surface area (Å²) >= 11 is 0. The molecular formula is C11H22ClN3O. The number of piperidine rings is 2. The van der Waals surface area contributed by atoms with Gasteiger partial charge in [0.1, 0.15) is 0 Å². The molecule has 0 aromatic rings. The minimum Gasteiger partial charge on any atom is -0.369 e. The zero-order valence-corrected chi connectivity index (χ0v) is 10.5. The fourth-order valence-electron chi connectivity index (χ4n) is 2.59. The highest BCUT2D eigenvalue weighted by molar-refractivity contribution is 5.85. The molecule has 0 bridgehead atoms. The van der Waals surface area contributed by atoms with E-state index in [1.54, 1.807) is 0 Å². The lowest BCUT2D eigenvalue weighted by Gasteiger charge is -2.41. The molecule has 2 fully saturated rings. The second-order valence-corrected chi connectivity index (χ2v) is 4.64. The summed E-state index contributed by atoms with van der Waals surface area (Å²) in [6, 6.07) is 0. The average Bonchev–Trinajstić information content (AvgIpc) is 2.30. The zero-order valence-electron chi connectivity index (χ0n) is 9.73. The van der Waals surface area contributed by atoms with Gasteiger partial charge in [0.2, 0.25) is 5.91 Å². The fourth-order valence-corrected chi connectivity index (χ4v) is 2.59. The summed E-state index contributed by atoms with van der Waals surface area (Å²) < 4.78 is 0. The van der Waals surface area contributed by atoms with Gasteiger partial charge < -0.3 is 5.73 Å². The van der Waals surface area contributed by atoms with Crippen molar-refractivity contribution in [1.29, 1.82) is 0 Å². The number of amides is 1. The molecule has 94 valence electrons. The van der Waals surface area contributed by atoms with Gasteiger partial charge in [0.25, 0.3) is 0 Å². The average molecular weight is 248 g/mol. The SMILES string of the molecule is Cl.NC(=O)C1CCN(N2CCCCC2)CC1. The summed E-state index contributed by atoms with van der Waals surface area (Å²) in [5, 5.41) is 4.87. The number of carbonyl (C=O) groups is 1. The minimum atomic E-state index is -0.117. The number of hydrogen-bond acceptors (Lipinski definition) is 3. The molecule has 0 aromatic heterocycles. The molecule has 2 heterocycles. The Bertz CT molecular complexity index is 223. The first-order valence-electron chi connectivity index (χ1n) is 6.06. The molecule has 0 spiro atoms. The second-order valence-electron chi connectivity index (χ2n) is 4.64. The largest absolute Gasteiger partial charge is 0.369 e. The van der Waals surface area contributed by atoms with E-state index in [0.717, 1.165) is 25.9 Å². The van der Waals surface area contributed by atoms with E-state index < -0.39 is 0 Å². The van der Waals surface area contributed by atoms with Gasteiger partial charge in [0.05, 0.1) is 0 Å². The monoisotopic (exact) mass is 247 g/mol. The first-order valence-corrected chi connectivity index (χ1v) is 6.06. The molecule has 5 heteroatoms. The number of hydrogen-bond donors (Lipinski definition) is 1. The Kier molecular flexibility index (Phi) is 5.52. The summed E-state index contributed by atoms with van der Waals surface area (Å²) in [7, 11) is 0. The third kappa shape index (κ3) is 3.34. The first kappa shape index (κ1) is 13.7. The molecule has 2 rings (SSSR count). The van der Waals surface area contributed by atoms with Crippen molar-refractivity contribution in [2.45, 2.75) is 32.1 Å². The van der Waals surface area contributed by atoms with Gasteiger partial charge in [-0.25, -0.2) is 10.0 Å². The van der Waals surface area contributed by atoms with Crippen LogP contribution < -0.4 is 5.73 Å². The third-order valence-corrected chi connectivity index (χ3v) is 3.61. The topological polar surface area (TPSA) is 49.6 Å². The van der Waals surface area contributed by atoms with Crippen LogP contribution in [-0.4, -0.2) is 42.1 Å². The van der Waals surface area contributed by atoms with Crippen LogP contribution in [0.5, 0.6) is 0 Å². The molecular weight excluding hydrogens is 226 g/mol. The van der Waals surface area contributed by atoms with Gasteiger partial charge in [-0.15, -0.1) is 12.4 Å². The van der Waals surface area contributed by atoms with Gasteiger partial charge in [0, 0.05) is 32.1 Å². The van der Waals surface area contributed by atoms with Crippen LogP contribution in [0.1, 0.15) is 32.1 Å². The molecule has 0 atom stereocenters. The Morgan fingerprint density at radius 2 is 1.44 bits per heavy atom. The molecule has 0 radical (unpaired) electrons. The van der Waals surface area contributed by atoms with E-state index in [1.807, 2.05) is 0 Å². The molecule has 2 saturated heterocycles. The third-order valence-electron chi connectivity index (χ3n) is 3.61. The lowest BCUT2D eigenvalue weighted by atomic mass is 9.97. The lowest BCUT2D eigenvalue weighted by molar-refractivity contribution is -0.126. The Hall–Kier alpha value is -0.320. The number of primary amides is 1. The van der Waals surface area contributed by atoms with Crippen LogP contribution >= 0.6 is 12.4 Å². The highest BCUT2D eigenvalue weighted by Crippen LogP contribution is 2.20. The van der Waals surface area contributed by atoms with Crippen molar-refractivity contribution < 1.29 is 4.79 Å². The van der Waals surface area contributed by atoms with Gasteiger partial charge >= 0.3 is 0 Å². The molecule has 0 unspecified atom stereocenters. The van der Waals surface area contributed by atoms with Crippen molar-refractivity contribution in [1.82, 2.24) is 10.0 Å². The maximum Gasteiger partial charge on any atom is 0.220 e. The first-order chi connectivity index (χ1) is 7.27. The smallest absolute Gasteiger partial charge is 0.220 e. The van der Waals surface area contributed by atoms with E-state index in [-0.39, 0.29) is 24.2 Å². The van der Waals surface area contributed by atoms with Crippen molar-refractivity contribution in [3.05, 3.63) is 0 Å². The molecule has 2 aliphatic heterocycles. The van der Waals surface area contributed by atoms with Gasteiger partial charge in [-0.2, -0.15) is 0 Å². The number of hydrazine groups is 1. The molecule has 16 heavy (non-hydrogen) atoms. The quantitative estimate of drug-likeness (QED) is 0.792. The van der Waals surface area contributed by atoms with E-state index >= 15 is 0 Å². The van der Waals surface area contributed by atoms with Gasteiger partial charge in [-0.3, -0.25) is 4.79 Å². The van der Waals surface area contributed by atoms with Crippen LogP contribution in [0.3, 0.4) is 0 Å². The number of nitrogens with two attached hydrogens (primary N) is 1. The molecule has 0 saturated carbocycles. The number of carbonyl (C=O) groups excluding carboxylic acids is 1. The van der Waals surface area contributed by atoms with E-state index in [9.17, 15) is 4.79 Å². The van der Waals surface area contributed by atoms with Crippen molar-refractivity contribution in [2.24, 2.45) is 11.7 Å². The summed E-state index contributed by atoms with van der Waals surface area (Å²) in [6.45, 7) is 4.41. The number of halogens is 1. The normalized spacial score (nSPS) is 25.0. The van der Waals surface area contributed by atoms with E-state index in [0.29, 0.717) is 0 Å². The Labute approximate surface area is 104 Å². The van der Waals surface area contributed by atoms with Gasteiger partial charge in [0.15, 0.2) is 0 Å². The highest BCUT2D eigenvalue weighted by Gasteiger charge is 2.26. The van der Waals surface area contributed by atoms with Crippen molar-refractivity contribution in [3.63, 3.8) is 0 Å². The van der Waals surface area contributed by atoms with Crippen LogP contribution in [-0.2, 0) is 4.79 Å². The number of nitrogens with zero attached hydrogens (tertiary/aromatic N) is 2. The lowest BCUT2D eigenvalue weighted by Crippen LogP contribution is -2.50. The van der Waals surface area contributed by atoms with E-state index in [1.165, 1.54) is 32.4 Å². The molecule has 2 N–H and O–H groups in total. The molecule has 0 aliphatic carbocycles. The minimum absolute atomic E-state index is 0. The Morgan fingerprint density at radius 1 is 0.938 bits per heavy atom. The summed E-state index contributed by atoms with van der Waals surface area (Å²) in [5.74, 6) is -0.000616. The van der Waals surface area contributed by atoms with Gasteiger partial charge in [-0.05, 0) is 25.7 Å². The van der Waals surface area contributed by atoms with Crippen LogP contribution in [0.25, 0.3) is 0 Å². The second kappa shape index (κ2) is 6.42. The molecule has 1 amide bonds. The van der Waals surface area contributed by atoms with Crippen molar-refractivity contribution >= 4 is 18.3 Å². The summed E-state index contributed by atoms with van der Waals surface area (Å²) in [5.41, 5.74) is 5.32. The predicted octanol–water partition coefficient (Wildman–Crippen LogP) is 1.01. The van der Waals surface area contributed by atoms with E-state index in [4.69, 9.17) is 5.73 Å². The van der Waals surface area contributed by atoms with Crippen molar-refractivity contribution in [2.75, 3.05) is 26.2 Å². The summed E-state index contributed by atoms with van der Waals surface area (Å²) in [4.78, 5) is 11.0. The van der Waals surface area contributed by atoms with Crippen molar-refractivity contribution in [3.8, 4) is 0 Å². The Morgan fingerprint density at radius 3 is 1.94 bits per heavy atom. The van der Waals surface area contributed by atoms with Crippen LogP contribution in [0.2, 0.25) is 0 Å². The van der Waals surface area contributed by atoms with Gasteiger partial charge in [-0.1, -0.05) is 6.42 Å². The predicted molar refractivity (Wildman–Crippen MR) is 66.2 cm³/mol. The standard InChI is InChI=1S/C11H21N3O.ClH/c12-11(15)10-4-8-14(9-5-10)13-6-2-1-3-7-13;/h10H,1-9H2,(H2,12,15);1H. The number of rotatable bonds is 2. The molecule has 4 nitrogen and oxygen atoms in total. The summed E-state index contributed by atoms with van der Waals surface area (Å²) in [6.07, 6.45) is 5.87. The maximum atomic E-state index is 11.0. The van der Waals surface area contributed by atoms with Crippen LogP contribution in [0.15, 0.2) is 0 Å². The van der Waals surface area contributed by atoms with Crippen LogP contribution in [0.4, 0.5) is 0 Å². The fraction of sp³-hybridized carbons (Fsp3) is 0.909. The van der Waals surface area contributed by atoms with E-state index in [2.05, 4.69) is 10.0 Å². The Balaban J connectivity index is 0.00000128. The zero-order chi connectivity index (χ0) is 10.7. The highest BCUT2D eigenvalue weighted by atomic mass is 35.5. The molecule has 2 aliphatic rings. The van der Waals surface area contributed by atoms with Crippen LogP contribution in [0, 0.1) is 5.92 Å². The molecule has 0 aromatic carbocycles.